The van der Waals surface area contributed by atoms with Gasteiger partial charge in [-0.2, -0.15) is 0 Å². The fraction of sp³-hybridized carbons (Fsp3) is 0. The van der Waals surface area contributed by atoms with Gasteiger partial charge in [0.15, 0.2) is 5.78 Å². The Bertz CT molecular complexity index is 495. The predicted molar refractivity (Wildman–Crippen MR) is 86.1 cm³/mol. The molecule has 0 bridgehead atoms. The lowest BCUT2D eigenvalue weighted by Gasteiger charge is -2.09. The molecular weight excluding hydrogens is 549 g/mol. The highest BCUT2D eigenvalue weighted by Crippen LogP contribution is 2.28. The van der Waals surface area contributed by atoms with E-state index in [1.54, 1.807) is 6.07 Å². The Balaban J connectivity index is 3.63. The molecule has 0 spiro atoms. The minimum atomic E-state index is -1.02. The topological polar surface area (TPSA) is 54.4 Å². The van der Waals surface area contributed by atoms with E-state index in [1.165, 1.54) is 6.08 Å². The molecule has 3 nitrogen and oxygen atoms in total. The summed E-state index contributed by atoms with van der Waals surface area (Å²) in [6.45, 7) is 3.41. The van der Waals surface area contributed by atoms with Gasteiger partial charge in [-0.15, -0.1) is 0 Å². The predicted octanol–water partition coefficient (Wildman–Crippen LogP) is 3.57. The number of hydrogen-bond acceptors (Lipinski definition) is 2. The minimum Gasteiger partial charge on any atom is -0.478 e. The number of benzene rings is 1. The monoisotopic (exact) mass is 554 g/mol. The van der Waals surface area contributed by atoms with Gasteiger partial charge in [0.1, 0.15) is 0 Å². The van der Waals surface area contributed by atoms with Crippen molar-refractivity contribution in [1.29, 1.82) is 0 Å². The SMILES string of the molecule is C=CC(=O)c1c(I)cc(I)c(C(=O)O)c1I. The molecule has 0 aromatic heterocycles. The first-order valence-corrected chi connectivity index (χ1v) is 7.21. The summed E-state index contributed by atoms with van der Waals surface area (Å²) >= 11 is 5.86. The van der Waals surface area contributed by atoms with Crippen molar-refractivity contribution in [3.63, 3.8) is 0 Å². The van der Waals surface area contributed by atoms with Gasteiger partial charge in [0.25, 0.3) is 0 Å². The summed E-state index contributed by atoms with van der Waals surface area (Å²) in [7, 11) is 0. The maximum Gasteiger partial charge on any atom is 0.337 e. The minimum absolute atomic E-state index is 0.173. The lowest BCUT2D eigenvalue weighted by molar-refractivity contribution is 0.0694. The van der Waals surface area contributed by atoms with Crippen LogP contribution in [0.4, 0.5) is 0 Å². The molecule has 0 aliphatic heterocycles. The number of carbonyl (C=O) groups excluding carboxylic acids is 1. The van der Waals surface area contributed by atoms with Crippen molar-refractivity contribution >= 4 is 79.5 Å². The maximum atomic E-state index is 11.6. The van der Waals surface area contributed by atoms with Crippen molar-refractivity contribution in [2.45, 2.75) is 0 Å². The van der Waals surface area contributed by atoms with E-state index < -0.39 is 5.97 Å². The smallest absolute Gasteiger partial charge is 0.337 e. The van der Waals surface area contributed by atoms with Crippen LogP contribution in [-0.4, -0.2) is 16.9 Å². The second kappa shape index (κ2) is 5.76. The Morgan fingerprint density at radius 2 is 1.69 bits per heavy atom. The van der Waals surface area contributed by atoms with E-state index in [0.29, 0.717) is 12.7 Å². The molecule has 16 heavy (non-hydrogen) atoms. The van der Waals surface area contributed by atoms with Gasteiger partial charge >= 0.3 is 5.97 Å². The number of ketones is 1. The molecule has 6 heteroatoms. The van der Waals surface area contributed by atoms with Crippen LogP contribution >= 0.6 is 67.8 Å². The summed E-state index contributed by atoms with van der Waals surface area (Å²) < 4.78 is 1.83. The Kier molecular flexibility index (Phi) is 5.16. The van der Waals surface area contributed by atoms with Gasteiger partial charge in [0, 0.05) is 16.3 Å². The summed E-state index contributed by atoms with van der Waals surface area (Å²) in [5.74, 6) is -1.28. The van der Waals surface area contributed by atoms with Crippen LogP contribution < -0.4 is 0 Å². The first kappa shape index (κ1) is 14.4. The van der Waals surface area contributed by atoms with Gasteiger partial charge in [0.2, 0.25) is 0 Å². The molecule has 0 amide bonds. The van der Waals surface area contributed by atoms with E-state index in [0.717, 1.165) is 3.57 Å². The van der Waals surface area contributed by atoms with Crippen molar-refractivity contribution < 1.29 is 14.7 Å². The lowest BCUT2D eigenvalue weighted by atomic mass is 10.1. The number of carboxylic acid groups (broad SMARTS) is 1. The number of allylic oxidation sites excluding steroid dienone is 1. The van der Waals surface area contributed by atoms with E-state index in [4.69, 9.17) is 5.11 Å². The van der Waals surface area contributed by atoms with Crippen LogP contribution in [0.25, 0.3) is 0 Å². The summed E-state index contributed by atoms with van der Waals surface area (Å²) in [6, 6.07) is 1.68. The second-order valence-electron chi connectivity index (χ2n) is 2.78. The van der Waals surface area contributed by atoms with Crippen LogP contribution in [-0.2, 0) is 0 Å². The van der Waals surface area contributed by atoms with Gasteiger partial charge in [0.05, 0.1) is 5.56 Å². The standard InChI is InChI=1S/C10H5I3O3/c1-2-6(14)7-4(11)3-5(12)8(9(7)13)10(15)16/h2-3H,1H2,(H,15,16). The van der Waals surface area contributed by atoms with Gasteiger partial charge < -0.3 is 5.11 Å². The summed E-state index contributed by atoms with van der Waals surface area (Å²) in [5.41, 5.74) is 0.584. The highest BCUT2D eigenvalue weighted by molar-refractivity contribution is 14.1. The fourth-order valence-corrected chi connectivity index (χ4v) is 5.48. The molecule has 0 atom stereocenters. The largest absolute Gasteiger partial charge is 0.478 e. The zero-order chi connectivity index (χ0) is 12.5. The van der Waals surface area contributed by atoms with Crippen LogP contribution in [0.1, 0.15) is 20.7 Å². The molecule has 0 aliphatic carbocycles. The third-order valence-corrected chi connectivity index (χ3v) is 4.60. The molecule has 1 N–H and O–H groups in total. The van der Waals surface area contributed by atoms with Gasteiger partial charge in [-0.05, 0) is 79.9 Å². The summed E-state index contributed by atoms with van der Waals surface area (Å²) in [5, 5.41) is 9.07. The molecular formula is C10H5I3O3. The average molecular weight is 554 g/mol. The molecule has 0 aliphatic rings. The second-order valence-corrected chi connectivity index (χ2v) is 6.18. The quantitative estimate of drug-likeness (QED) is 0.354. The molecule has 1 aromatic carbocycles. The van der Waals surface area contributed by atoms with Crippen LogP contribution in [0, 0.1) is 10.7 Å². The molecule has 0 saturated heterocycles. The average Bonchev–Trinajstić information content (AvgIpc) is 2.15. The van der Waals surface area contributed by atoms with Gasteiger partial charge in [-0.3, -0.25) is 4.79 Å². The first-order chi connectivity index (χ1) is 7.40. The van der Waals surface area contributed by atoms with Gasteiger partial charge in [-0.25, -0.2) is 4.79 Å². The van der Waals surface area contributed by atoms with Crippen molar-refractivity contribution in [3.05, 3.63) is 40.6 Å². The molecule has 1 rings (SSSR count). The normalized spacial score (nSPS) is 9.94. The van der Waals surface area contributed by atoms with E-state index in [2.05, 4.69) is 6.58 Å². The molecule has 0 unspecified atom stereocenters. The number of halogens is 3. The number of aromatic carboxylic acids is 1. The van der Waals surface area contributed by atoms with Crippen molar-refractivity contribution in [3.8, 4) is 0 Å². The lowest BCUT2D eigenvalue weighted by Crippen LogP contribution is -2.10. The van der Waals surface area contributed by atoms with E-state index in [9.17, 15) is 9.59 Å². The van der Waals surface area contributed by atoms with Crippen LogP contribution in [0.15, 0.2) is 18.7 Å². The van der Waals surface area contributed by atoms with Crippen molar-refractivity contribution in [2.24, 2.45) is 0 Å². The molecule has 0 saturated carbocycles. The zero-order valence-electron chi connectivity index (χ0n) is 7.76. The van der Waals surface area contributed by atoms with Crippen molar-refractivity contribution in [2.75, 3.05) is 0 Å². The summed E-state index contributed by atoms with van der Waals surface area (Å²) in [4.78, 5) is 22.7. The van der Waals surface area contributed by atoms with Crippen LogP contribution in [0.5, 0.6) is 0 Å². The maximum absolute atomic E-state index is 11.6. The Hall–Kier alpha value is 0.290. The number of hydrogen-bond donors (Lipinski definition) is 1. The highest BCUT2D eigenvalue weighted by atomic mass is 127. The molecule has 0 radical (unpaired) electrons. The zero-order valence-corrected chi connectivity index (χ0v) is 14.2. The first-order valence-electron chi connectivity index (χ1n) is 3.97. The fourth-order valence-electron chi connectivity index (χ4n) is 1.11. The molecule has 0 fully saturated rings. The Morgan fingerprint density at radius 1 is 1.19 bits per heavy atom. The van der Waals surface area contributed by atoms with E-state index in [-0.39, 0.29) is 11.3 Å². The third-order valence-electron chi connectivity index (χ3n) is 1.82. The number of rotatable bonds is 3. The number of carbonyl (C=O) groups is 2. The molecule has 0 heterocycles. The third kappa shape index (κ3) is 2.75. The Morgan fingerprint density at radius 3 is 2.12 bits per heavy atom. The van der Waals surface area contributed by atoms with Gasteiger partial charge in [-0.1, -0.05) is 6.58 Å². The van der Waals surface area contributed by atoms with E-state index >= 15 is 0 Å². The number of carboxylic acids is 1. The summed E-state index contributed by atoms with van der Waals surface area (Å²) in [6.07, 6.45) is 1.19. The molecule has 1 aromatic rings. The van der Waals surface area contributed by atoms with E-state index in [1.807, 2.05) is 67.8 Å². The van der Waals surface area contributed by atoms with Crippen LogP contribution in [0.2, 0.25) is 0 Å². The molecule has 84 valence electrons. The Labute approximate surface area is 133 Å². The highest BCUT2D eigenvalue weighted by Gasteiger charge is 2.21. The van der Waals surface area contributed by atoms with Crippen molar-refractivity contribution in [1.82, 2.24) is 0 Å². The van der Waals surface area contributed by atoms with Crippen LogP contribution in [0.3, 0.4) is 0 Å².